The Morgan fingerprint density at radius 1 is 1.42 bits per heavy atom. The van der Waals surface area contributed by atoms with Gasteiger partial charge in [0.05, 0.1) is 11.6 Å². The van der Waals surface area contributed by atoms with E-state index in [2.05, 4.69) is 32.9 Å². The van der Waals surface area contributed by atoms with Crippen molar-refractivity contribution >= 4 is 53.2 Å². The molecule has 1 aliphatic heterocycles. The monoisotopic (exact) mass is 466 g/mol. The first-order valence-corrected chi connectivity index (χ1v) is 8.42. The number of hydrogen-bond acceptors (Lipinski definition) is 5. The summed E-state index contributed by atoms with van der Waals surface area (Å²) in [5.41, 5.74) is 0. The highest BCUT2D eigenvalue weighted by atomic mass is 127. The van der Waals surface area contributed by atoms with Crippen molar-refractivity contribution in [3.8, 4) is 0 Å². The standard InChI is InChI=1S/C14H22N6O2S.HI/c1-3-10-8-18-11(23-10)4-5-16-13(15-2)17-6-7-20-12(21)9-19-14(20)22;/h8H,3-7,9H2,1-2H3,(H,19,22)(H2,15,16,17);1H. The number of halogens is 1. The third-order valence-electron chi connectivity index (χ3n) is 3.37. The fourth-order valence-electron chi connectivity index (χ4n) is 2.10. The van der Waals surface area contributed by atoms with Crippen molar-refractivity contribution in [2.75, 3.05) is 33.2 Å². The van der Waals surface area contributed by atoms with Crippen molar-refractivity contribution in [2.45, 2.75) is 19.8 Å². The number of amides is 3. The Kier molecular flexibility index (Phi) is 8.97. The van der Waals surface area contributed by atoms with E-state index >= 15 is 0 Å². The maximum Gasteiger partial charge on any atom is 0.324 e. The van der Waals surface area contributed by atoms with Crippen LogP contribution in [0.4, 0.5) is 4.79 Å². The Morgan fingerprint density at radius 3 is 2.75 bits per heavy atom. The van der Waals surface area contributed by atoms with Crippen molar-refractivity contribution in [1.29, 1.82) is 0 Å². The zero-order chi connectivity index (χ0) is 16.7. The number of imide groups is 1. The van der Waals surface area contributed by atoms with E-state index in [1.165, 1.54) is 9.78 Å². The minimum absolute atomic E-state index is 0. The van der Waals surface area contributed by atoms with Crippen LogP contribution in [0, 0.1) is 0 Å². The van der Waals surface area contributed by atoms with E-state index in [1.54, 1.807) is 18.4 Å². The lowest BCUT2D eigenvalue weighted by Crippen LogP contribution is -2.43. The predicted octanol–water partition coefficient (Wildman–Crippen LogP) is 0.583. The first-order chi connectivity index (χ1) is 11.1. The predicted molar refractivity (Wildman–Crippen MR) is 105 cm³/mol. The van der Waals surface area contributed by atoms with Crippen molar-refractivity contribution in [2.24, 2.45) is 4.99 Å². The van der Waals surface area contributed by atoms with E-state index in [1.807, 2.05) is 6.20 Å². The number of urea groups is 1. The number of aliphatic imine (C=N–C) groups is 1. The summed E-state index contributed by atoms with van der Waals surface area (Å²) in [7, 11) is 1.68. The van der Waals surface area contributed by atoms with E-state index in [9.17, 15) is 9.59 Å². The molecular weight excluding hydrogens is 443 g/mol. The van der Waals surface area contributed by atoms with Crippen LogP contribution < -0.4 is 16.0 Å². The molecule has 10 heteroatoms. The van der Waals surface area contributed by atoms with Crippen molar-refractivity contribution in [3.63, 3.8) is 0 Å². The molecule has 1 fully saturated rings. The fraction of sp³-hybridized carbons (Fsp3) is 0.571. The molecule has 1 saturated heterocycles. The number of carbonyl (C=O) groups excluding carboxylic acids is 2. The Morgan fingerprint density at radius 2 is 2.17 bits per heavy atom. The number of hydrogen-bond donors (Lipinski definition) is 3. The molecule has 8 nitrogen and oxygen atoms in total. The van der Waals surface area contributed by atoms with Gasteiger partial charge in [-0.3, -0.25) is 14.7 Å². The number of thiazole rings is 1. The number of guanidine groups is 1. The van der Waals surface area contributed by atoms with Crippen LogP contribution in [-0.2, 0) is 17.6 Å². The second kappa shape index (κ2) is 10.4. The summed E-state index contributed by atoms with van der Waals surface area (Å²) in [6.07, 6.45) is 3.76. The first kappa shape index (κ1) is 20.6. The highest BCUT2D eigenvalue weighted by Crippen LogP contribution is 2.13. The summed E-state index contributed by atoms with van der Waals surface area (Å²) in [6, 6.07) is -0.338. The molecule has 0 radical (unpaired) electrons. The highest BCUT2D eigenvalue weighted by Gasteiger charge is 2.27. The van der Waals surface area contributed by atoms with E-state index in [-0.39, 0.29) is 42.5 Å². The van der Waals surface area contributed by atoms with Gasteiger partial charge in [-0.05, 0) is 6.42 Å². The summed E-state index contributed by atoms with van der Waals surface area (Å²) in [5.74, 6) is 0.444. The van der Waals surface area contributed by atoms with Gasteiger partial charge in [0.1, 0.15) is 0 Å². The van der Waals surface area contributed by atoms with Crippen LogP contribution in [-0.4, -0.2) is 61.0 Å². The second-order valence-corrected chi connectivity index (χ2v) is 6.15. The molecule has 1 aromatic heterocycles. The van der Waals surface area contributed by atoms with Gasteiger partial charge in [-0.2, -0.15) is 0 Å². The molecular formula is C14H23IN6O2S. The molecule has 1 aromatic rings. The Hall–Kier alpha value is -1.43. The minimum atomic E-state index is -0.338. The lowest BCUT2D eigenvalue weighted by Gasteiger charge is -2.15. The van der Waals surface area contributed by atoms with Gasteiger partial charge in [0.15, 0.2) is 5.96 Å². The number of aromatic nitrogens is 1. The molecule has 3 amide bonds. The molecule has 0 aliphatic carbocycles. The van der Waals surface area contributed by atoms with Crippen LogP contribution in [0.15, 0.2) is 11.2 Å². The average Bonchev–Trinajstić information content (AvgIpc) is 3.14. The number of rotatable bonds is 7. The zero-order valence-corrected chi connectivity index (χ0v) is 16.9. The molecule has 0 bridgehead atoms. The van der Waals surface area contributed by atoms with Gasteiger partial charge in [-0.15, -0.1) is 35.3 Å². The van der Waals surface area contributed by atoms with Crippen LogP contribution >= 0.6 is 35.3 Å². The molecule has 24 heavy (non-hydrogen) atoms. The van der Waals surface area contributed by atoms with Crippen molar-refractivity contribution in [1.82, 2.24) is 25.8 Å². The lowest BCUT2D eigenvalue weighted by atomic mass is 10.4. The van der Waals surface area contributed by atoms with Crippen LogP contribution in [0.1, 0.15) is 16.8 Å². The summed E-state index contributed by atoms with van der Waals surface area (Å²) in [5, 5.41) is 9.87. The van der Waals surface area contributed by atoms with Crippen LogP contribution in [0.5, 0.6) is 0 Å². The third-order valence-corrected chi connectivity index (χ3v) is 4.57. The van der Waals surface area contributed by atoms with E-state index in [4.69, 9.17) is 0 Å². The molecule has 0 aromatic carbocycles. The summed E-state index contributed by atoms with van der Waals surface area (Å²) in [4.78, 5) is 33.8. The largest absolute Gasteiger partial charge is 0.356 e. The van der Waals surface area contributed by atoms with Crippen molar-refractivity contribution < 1.29 is 9.59 Å². The smallest absolute Gasteiger partial charge is 0.324 e. The molecule has 134 valence electrons. The normalized spacial score (nSPS) is 14.4. The molecule has 0 unspecified atom stereocenters. The van der Waals surface area contributed by atoms with Gasteiger partial charge >= 0.3 is 6.03 Å². The number of nitrogens with zero attached hydrogens (tertiary/aromatic N) is 3. The third kappa shape index (κ3) is 5.89. The summed E-state index contributed by atoms with van der Waals surface area (Å²) >= 11 is 1.73. The molecule has 0 saturated carbocycles. The Bertz CT molecular complexity index is 576. The van der Waals surface area contributed by atoms with E-state index in [0.29, 0.717) is 19.0 Å². The van der Waals surface area contributed by atoms with Crippen LogP contribution in [0.25, 0.3) is 0 Å². The fourth-order valence-corrected chi connectivity index (χ4v) is 2.97. The molecule has 3 N–H and O–H groups in total. The SMILES string of the molecule is CCc1cnc(CCNC(=NC)NCCN2C(=O)CNC2=O)s1.I. The maximum atomic E-state index is 11.4. The average molecular weight is 466 g/mol. The van der Waals surface area contributed by atoms with Gasteiger partial charge in [-0.25, -0.2) is 9.78 Å². The molecule has 1 aliphatic rings. The maximum absolute atomic E-state index is 11.4. The first-order valence-electron chi connectivity index (χ1n) is 7.60. The van der Waals surface area contributed by atoms with Gasteiger partial charge in [0.25, 0.3) is 0 Å². The van der Waals surface area contributed by atoms with Crippen LogP contribution in [0.3, 0.4) is 0 Å². The second-order valence-electron chi connectivity index (χ2n) is 4.95. The van der Waals surface area contributed by atoms with Crippen molar-refractivity contribution in [3.05, 3.63) is 16.1 Å². The minimum Gasteiger partial charge on any atom is -0.356 e. The van der Waals surface area contributed by atoms with Gasteiger partial charge < -0.3 is 16.0 Å². The Balaban J connectivity index is 0.00000288. The zero-order valence-electron chi connectivity index (χ0n) is 13.8. The van der Waals surface area contributed by atoms with Gasteiger partial charge in [0, 0.05) is 44.2 Å². The lowest BCUT2D eigenvalue weighted by molar-refractivity contribution is -0.124. The highest BCUT2D eigenvalue weighted by molar-refractivity contribution is 14.0. The summed E-state index contributed by atoms with van der Waals surface area (Å²) < 4.78 is 0. The van der Waals surface area contributed by atoms with E-state index < -0.39 is 0 Å². The number of carbonyl (C=O) groups is 2. The van der Waals surface area contributed by atoms with E-state index in [0.717, 1.165) is 24.4 Å². The molecule has 2 rings (SSSR count). The Labute approximate surface area is 162 Å². The van der Waals surface area contributed by atoms with Gasteiger partial charge in [0.2, 0.25) is 5.91 Å². The molecule has 0 atom stereocenters. The van der Waals surface area contributed by atoms with Crippen LogP contribution in [0.2, 0.25) is 0 Å². The summed E-state index contributed by atoms with van der Waals surface area (Å²) in [6.45, 7) is 3.69. The number of nitrogens with one attached hydrogen (secondary N) is 3. The van der Waals surface area contributed by atoms with Gasteiger partial charge in [-0.1, -0.05) is 6.92 Å². The molecule has 0 spiro atoms. The topological polar surface area (TPSA) is 98.7 Å². The number of aryl methyl sites for hydroxylation is 1. The molecule has 2 heterocycles. The quantitative estimate of drug-likeness (QED) is 0.237.